The zero-order valence-corrected chi connectivity index (χ0v) is 9.72. The summed E-state index contributed by atoms with van der Waals surface area (Å²) in [4.78, 5) is 0. The van der Waals surface area contributed by atoms with E-state index in [4.69, 9.17) is 5.11 Å². The van der Waals surface area contributed by atoms with Gasteiger partial charge in [-0.3, -0.25) is 0 Å². The lowest BCUT2D eigenvalue weighted by molar-refractivity contribution is 0.475. The number of phenolic OH excluding ortho intramolecular Hbond substituents is 1. The number of para-hydroxylation sites is 1. The first-order chi connectivity index (χ1) is 7.33. The molecule has 0 radical (unpaired) electrons. The van der Waals surface area contributed by atoms with Crippen LogP contribution in [-0.4, -0.2) is 11.8 Å². The van der Waals surface area contributed by atoms with E-state index in [0.29, 0.717) is 5.75 Å². The van der Waals surface area contributed by atoms with Crippen molar-refractivity contribution < 1.29 is 5.11 Å². The highest BCUT2D eigenvalue weighted by atomic mass is 31.1. The molecule has 1 nitrogen and oxygen atoms in total. The molecule has 0 aliphatic carbocycles. The van der Waals surface area contributed by atoms with E-state index in [0.717, 1.165) is 8.58 Å². The van der Waals surface area contributed by atoms with Gasteiger partial charge in [0.25, 0.3) is 0 Å². The van der Waals surface area contributed by atoms with Crippen molar-refractivity contribution in [3.05, 3.63) is 60.7 Å². The van der Waals surface area contributed by atoms with E-state index in [1.165, 1.54) is 5.30 Å². The summed E-state index contributed by atoms with van der Waals surface area (Å²) in [6, 6.07) is 19.2. The van der Waals surface area contributed by atoms with E-state index in [2.05, 4.69) is 30.9 Å². The van der Waals surface area contributed by atoms with Crippen molar-refractivity contribution in [3.63, 3.8) is 0 Å². The normalized spacial score (nSPS) is 9.67. The molecular weight excluding hydrogens is 203 g/mol. The molecule has 0 aromatic heterocycles. The van der Waals surface area contributed by atoms with Gasteiger partial charge in [-0.05, 0) is 24.1 Å². The van der Waals surface area contributed by atoms with Crippen molar-refractivity contribution in [1.82, 2.24) is 0 Å². The maximum absolute atomic E-state index is 8.63. The Morgan fingerprint density at radius 3 is 1.53 bits per heavy atom. The molecule has 0 bridgehead atoms. The Labute approximate surface area is 92.6 Å². The van der Waals surface area contributed by atoms with E-state index in [-0.39, 0.29) is 0 Å². The van der Waals surface area contributed by atoms with Gasteiger partial charge in [0, 0.05) is 0 Å². The fourth-order valence-corrected chi connectivity index (χ4v) is 1.56. The van der Waals surface area contributed by atoms with E-state index in [1.807, 2.05) is 12.1 Å². The van der Waals surface area contributed by atoms with Crippen LogP contribution >= 0.6 is 8.58 Å². The van der Waals surface area contributed by atoms with Crippen molar-refractivity contribution >= 4 is 13.9 Å². The Hall–Kier alpha value is -1.33. The molecule has 2 heteroatoms. The summed E-state index contributed by atoms with van der Waals surface area (Å²) in [5, 5.41) is 10.1. The number of hydrogen-bond donors (Lipinski definition) is 1. The molecule has 78 valence electrons. The third kappa shape index (κ3) is 5.19. The summed E-state index contributed by atoms with van der Waals surface area (Å²) in [5.41, 5.74) is 0. The first-order valence-corrected chi connectivity index (χ1v) is 6.29. The Balaban J connectivity index is 0.000000151. The lowest BCUT2D eigenvalue weighted by atomic mass is 10.3. The van der Waals surface area contributed by atoms with Crippen LogP contribution in [0.5, 0.6) is 5.75 Å². The summed E-state index contributed by atoms with van der Waals surface area (Å²) < 4.78 is 0. The third-order valence-corrected chi connectivity index (χ3v) is 2.73. The van der Waals surface area contributed by atoms with Crippen LogP contribution in [0, 0.1) is 0 Å². The SMILES string of the molecule is CPc1ccccc1.Oc1ccccc1. The number of benzene rings is 2. The van der Waals surface area contributed by atoms with Crippen molar-refractivity contribution in [2.45, 2.75) is 0 Å². The third-order valence-electron chi connectivity index (χ3n) is 1.82. The summed E-state index contributed by atoms with van der Waals surface area (Å²) in [6.45, 7) is 2.19. The van der Waals surface area contributed by atoms with Crippen LogP contribution in [0.3, 0.4) is 0 Å². The first-order valence-electron chi connectivity index (χ1n) is 4.79. The molecule has 0 saturated carbocycles. The fraction of sp³-hybridized carbons (Fsp3) is 0.0769. The second-order valence-electron chi connectivity index (χ2n) is 2.95. The van der Waals surface area contributed by atoms with Gasteiger partial charge in [-0.15, -0.1) is 0 Å². The summed E-state index contributed by atoms with van der Waals surface area (Å²) in [7, 11) is 0.930. The van der Waals surface area contributed by atoms with Crippen LogP contribution in [0.25, 0.3) is 0 Å². The number of aromatic hydroxyl groups is 1. The fourth-order valence-electron chi connectivity index (χ4n) is 1.03. The topological polar surface area (TPSA) is 20.2 Å². The van der Waals surface area contributed by atoms with Crippen LogP contribution in [0.2, 0.25) is 0 Å². The Morgan fingerprint density at radius 1 is 0.800 bits per heavy atom. The van der Waals surface area contributed by atoms with Gasteiger partial charge in [0.05, 0.1) is 0 Å². The van der Waals surface area contributed by atoms with Crippen LogP contribution in [0.4, 0.5) is 0 Å². The van der Waals surface area contributed by atoms with Crippen molar-refractivity contribution in [2.75, 3.05) is 6.66 Å². The monoisotopic (exact) mass is 218 g/mol. The summed E-state index contributed by atoms with van der Waals surface area (Å²) >= 11 is 0. The van der Waals surface area contributed by atoms with E-state index < -0.39 is 0 Å². The predicted octanol–water partition coefficient (Wildman–Crippen LogP) is 3.01. The van der Waals surface area contributed by atoms with Crippen molar-refractivity contribution in [2.24, 2.45) is 0 Å². The Bertz CT molecular complexity index is 359. The van der Waals surface area contributed by atoms with Gasteiger partial charge >= 0.3 is 0 Å². The molecule has 1 atom stereocenters. The second-order valence-corrected chi connectivity index (χ2v) is 4.03. The minimum atomic E-state index is 0.322. The minimum absolute atomic E-state index is 0.322. The van der Waals surface area contributed by atoms with Crippen LogP contribution in [-0.2, 0) is 0 Å². The molecule has 15 heavy (non-hydrogen) atoms. The number of rotatable bonds is 1. The predicted molar refractivity (Wildman–Crippen MR) is 68.4 cm³/mol. The average Bonchev–Trinajstić information content (AvgIpc) is 2.32. The summed E-state index contributed by atoms with van der Waals surface area (Å²) in [6.07, 6.45) is 0. The quantitative estimate of drug-likeness (QED) is 0.729. The highest BCUT2D eigenvalue weighted by Crippen LogP contribution is 2.02. The molecule has 1 N–H and O–H groups in total. The van der Waals surface area contributed by atoms with Crippen molar-refractivity contribution in [3.8, 4) is 5.75 Å². The van der Waals surface area contributed by atoms with Crippen LogP contribution in [0.15, 0.2) is 60.7 Å². The van der Waals surface area contributed by atoms with Crippen LogP contribution in [0.1, 0.15) is 0 Å². The van der Waals surface area contributed by atoms with E-state index >= 15 is 0 Å². The molecule has 1 unspecified atom stereocenters. The highest BCUT2D eigenvalue weighted by Gasteiger charge is 1.79. The Kier molecular flexibility index (Phi) is 5.50. The van der Waals surface area contributed by atoms with Gasteiger partial charge in [-0.1, -0.05) is 57.1 Å². The Morgan fingerprint density at radius 2 is 1.27 bits per heavy atom. The molecule has 2 aromatic carbocycles. The molecule has 0 aliphatic rings. The zero-order chi connectivity index (χ0) is 10.9. The zero-order valence-electron chi connectivity index (χ0n) is 8.72. The lowest BCUT2D eigenvalue weighted by Crippen LogP contribution is -1.87. The molecule has 0 heterocycles. The number of hydrogen-bond acceptors (Lipinski definition) is 1. The maximum Gasteiger partial charge on any atom is 0.115 e. The molecule has 0 amide bonds. The molecule has 0 spiro atoms. The molecule has 2 aromatic rings. The van der Waals surface area contributed by atoms with Gasteiger partial charge in [0.2, 0.25) is 0 Å². The molecule has 0 saturated heterocycles. The van der Waals surface area contributed by atoms with Crippen LogP contribution < -0.4 is 5.30 Å². The largest absolute Gasteiger partial charge is 0.508 e. The first kappa shape index (κ1) is 11.7. The smallest absolute Gasteiger partial charge is 0.115 e. The summed E-state index contributed by atoms with van der Waals surface area (Å²) in [5.74, 6) is 0.322. The van der Waals surface area contributed by atoms with Gasteiger partial charge in [-0.2, -0.15) is 0 Å². The van der Waals surface area contributed by atoms with Gasteiger partial charge in [0.1, 0.15) is 5.75 Å². The number of phenols is 1. The van der Waals surface area contributed by atoms with Crippen molar-refractivity contribution in [1.29, 1.82) is 0 Å². The van der Waals surface area contributed by atoms with E-state index in [1.54, 1.807) is 24.3 Å². The molecule has 0 aliphatic heterocycles. The van der Waals surface area contributed by atoms with Gasteiger partial charge < -0.3 is 5.11 Å². The lowest BCUT2D eigenvalue weighted by Gasteiger charge is -1.89. The maximum atomic E-state index is 8.63. The van der Waals surface area contributed by atoms with Gasteiger partial charge in [0.15, 0.2) is 0 Å². The highest BCUT2D eigenvalue weighted by molar-refractivity contribution is 7.46. The minimum Gasteiger partial charge on any atom is -0.508 e. The van der Waals surface area contributed by atoms with Gasteiger partial charge in [-0.25, -0.2) is 0 Å². The standard InChI is InChI=1S/C7H9P.C6H6O/c1-8-7-5-3-2-4-6-7;7-6-4-2-1-3-5-6/h2-6,8H,1H3;1-5,7H. The molecule has 0 fully saturated rings. The average molecular weight is 218 g/mol. The second kappa shape index (κ2) is 7.03. The molecule has 2 rings (SSSR count). The molecular formula is C13H15OP. The van der Waals surface area contributed by atoms with E-state index in [9.17, 15) is 0 Å².